The largest absolute Gasteiger partial charge is 0.377 e. The summed E-state index contributed by atoms with van der Waals surface area (Å²) in [5, 5.41) is 2.93. The highest BCUT2D eigenvalue weighted by molar-refractivity contribution is 5.92. The van der Waals surface area contributed by atoms with Gasteiger partial charge in [-0.3, -0.25) is 9.69 Å². The number of hydrogen-bond donors (Lipinski definition) is 2. The lowest BCUT2D eigenvalue weighted by Crippen LogP contribution is -2.41. The third-order valence-corrected chi connectivity index (χ3v) is 3.71. The predicted molar refractivity (Wildman–Crippen MR) is 84.3 cm³/mol. The number of nitrogens with one attached hydrogen (secondary N) is 1. The number of likely N-dealkylation sites (tertiary alicyclic amines) is 1. The smallest absolute Gasteiger partial charge is 0.238 e. The molecule has 116 valence electrons. The fourth-order valence-corrected chi connectivity index (χ4v) is 2.51. The fourth-order valence-electron chi connectivity index (χ4n) is 2.51. The molecular formula is C16H25N3O2. The number of nitrogens with zero attached hydrogens (tertiary/aromatic N) is 1. The molecule has 0 bridgehead atoms. The zero-order chi connectivity index (χ0) is 15.1. The van der Waals surface area contributed by atoms with Gasteiger partial charge in [0, 0.05) is 25.3 Å². The fraction of sp³-hybridized carbons (Fsp3) is 0.562. The van der Waals surface area contributed by atoms with E-state index in [1.165, 1.54) is 5.56 Å². The highest BCUT2D eigenvalue weighted by Gasteiger charge is 2.21. The topological polar surface area (TPSA) is 67.6 Å². The molecule has 1 saturated heterocycles. The van der Waals surface area contributed by atoms with Crippen molar-refractivity contribution in [2.75, 3.05) is 38.1 Å². The van der Waals surface area contributed by atoms with Gasteiger partial charge < -0.3 is 15.8 Å². The Bertz CT molecular complexity index is 439. The molecule has 1 aromatic rings. The summed E-state index contributed by atoms with van der Waals surface area (Å²) in [7, 11) is 0. The Morgan fingerprint density at radius 1 is 1.33 bits per heavy atom. The van der Waals surface area contributed by atoms with Crippen LogP contribution in [0.5, 0.6) is 0 Å². The molecule has 3 N–H and O–H groups in total. The molecule has 5 heteroatoms. The van der Waals surface area contributed by atoms with E-state index in [-0.39, 0.29) is 5.91 Å². The van der Waals surface area contributed by atoms with Gasteiger partial charge in [-0.1, -0.05) is 17.7 Å². The number of nitrogens with two attached hydrogens (primary N) is 1. The Morgan fingerprint density at radius 2 is 2.00 bits per heavy atom. The minimum absolute atomic E-state index is 0.0418. The number of carbonyl (C=O) groups is 1. The molecule has 1 aliphatic rings. The van der Waals surface area contributed by atoms with Gasteiger partial charge >= 0.3 is 0 Å². The Morgan fingerprint density at radius 3 is 2.62 bits per heavy atom. The second kappa shape index (κ2) is 8.12. The van der Waals surface area contributed by atoms with E-state index in [0.29, 0.717) is 25.8 Å². The van der Waals surface area contributed by atoms with Gasteiger partial charge in [-0.15, -0.1) is 0 Å². The van der Waals surface area contributed by atoms with E-state index in [0.717, 1.165) is 31.6 Å². The minimum Gasteiger partial charge on any atom is -0.377 e. The highest BCUT2D eigenvalue weighted by Crippen LogP contribution is 2.14. The second-order valence-corrected chi connectivity index (χ2v) is 5.55. The first-order valence-electron chi connectivity index (χ1n) is 7.58. The summed E-state index contributed by atoms with van der Waals surface area (Å²) >= 11 is 0. The molecule has 5 nitrogen and oxygen atoms in total. The van der Waals surface area contributed by atoms with Gasteiger partial charge in [-0.2, -0.15) is 0 Å². The molecular weight excluding hydrogens is 266 g/mol. The maximum Gasteiger partial charge on any atom is 0.238 e. The van der Waals surface area contributed by atoms with E-state index in [9.17, 15) is 4.79 Å². The van der Waals surface area contributed by atoms with Crippen LogP contribution >= 0.6 is 0 Å². The third kappa shape index (κ3) is 5.46. The van der Waals surface area contributed by atoms with E-state index in [1.54, 1.807) is 0 Å². The van der Waals surface area contributed by atoms with Gasteiger partial charge in [0.25, 0.3) is 0 Å². The average Bonchev–Trinajstić information content (AvgIpc) is 2.49. The molecule has 1 heterocycles. The standard InChI is InChI=1S/C16H25N3O2/c1-13-2-4-14(5-3-13)18-16(20)12-19-9-6-15(7-10-19)21-11-8-17/h2-5,15H,6-12,17H2,1H3,(H,18,20). The van der Waals surface area contributed by atoms with Gasteiger partial charge in [-0.25, -0.2) is 0 Å². The van der Waals surface area contributed by atoms with E-state index >= 15 is 0 Å². The van der Waals surface area contributed by atoms with Crippen molar-refractivity contribution in [3.63, 3.8) is 0 Å². The molecule has 1 amide bonds. The molecule has 0 aromatic heterocycles. The lowest BCUT2D eigenvalue weighted by Gasteiger charge is -2.31. The number of amides is 1. The number of carbonyl (C=O) groups excluding carboxylic acids is 1. The first-order chi connectivity index (χ1) is 10.2. The number of ether oxygens (including phenoxy) is 1. The Labute approximate surface area is 126 Å². The average molecular weight is 291 g/mol. The molecule has 0 unspecified atom stereocenters. The number of rotatable bonds is 6. The van der Waals surface area contributed by atoms with Crippen molar-refractivity contribution < 1.29 is 9.53 Å². The normalized spacial score (nSPS) is 16.9. The summed E-state index contributed by atoms with van der Waals surface area (Å²) in [6, 6.07) is 7.85. The van der Waals surface area contributed by atoms with Crippen LogP contribution in [0.1, 0.15) is 18.4 Å². The predicted octanol–water partition coefficient (Wildman–Crippen LogP) is 1.37. The second-order valence-electron chi connectivity index (χ2n) is 5.55. The lowest BCUT2D eigenvalue weighted by molar-refractivity contribution is -0.118. The highest BCUT2D eigenvalue weighted by atomic mass is 16.5. The quantitative estimate of drug-likeness (QED) is 0.831. The maximum atomic E-state index is 12.0. The maximum absolute atomic E-state index is 12.0. The molecule has 1 aromatic carbocycles. The van der Waals surface area contributed by atoms with Crippen LogP contribution in [0.2, 0.25) is 0 Å². The van der Waals surface area contributed by atoms with Crippen molar-refractivity contribution in [2.24, 2.45) is 5.73 Å². The number of anilines is 1. The monoisotopic (exact) mass is 291 g/mol. The SMILES string of the molecule is Cc1ccc(NC(=O)CN2CCC(OCCN)CC2)cc1. The van der Waals surface area contributed by atoms with Crippen molar-refractivity contribution >= 4 is 11.6 Å². The zero-order valence-electron chi connectivity index (χ0n) is 12.7. The summed E-state index contributed by atoms with van der Waals surface area (Å²) in [5.74, 6) is 0.0418. The van der Waals surface area contributed by atoms with Crippen LogP contribution < -0.4 is 11.1 Å². The van der Waals surface area contributed by atoms with E-state index < -0.39 is 0 Å². The Hall–Kier alpha value is -1.43. The van der Waals surface area contributed by atoms with Gasteiger partial charge in [0.1, 0.15) is 0 Å². The Kier molecular flexibility index (Phi) is 6.17. The summed E-state index contributed by atoms with van der Waals surface area (Å²) < 4.78 is 5.64. The van der Waals surface area contributed by atoms with E-state index in [4.69, 9.17) is 10.5 Å². The van der Waals surface area contributed by atoms with Gasteiger partial charge in [0.2, 0.25) is 5.91 Å². The molecule has 1 aliphatic heterocycles. The minimum atomic E-state index is 0.0418. The van der Waals surface area contributed by atoms with Crippen LogP contribution in [0.3, 0.4) is 0 Å². The van der Waals surface area contributed by atoms with Crippen molar-refractivity contribution in [1.29, 1.82) is 0 Å². The molecule has 2 rings (SSSR count). The number of aryl methyl sites for hydroxylation is 1. The van der Waals surface area contributed by atoms with Crippen LogP contribution in [0, 0.1) is 6.92 Å². The summed E-state index contributed by atoms with van der Waals surface area (Å²) in [6.45, 7) is 5.46. The van der Waals surface area contributed by atoms with Gasteiger partial charge in [0.15, 0.2) is 0 Å². The first kappa shape index (κ1) is 15.9. The molecule has 0 radical (unpaired) electrons. The van der Waals surface area contributed by atoms with Crippen LogP contribution in [0.4, 0.5) is 5.69 Å². The molecule has 0 aliphatic carbocycles. The lowest BCUT2D eigenvalue weighted by atomic mass is 10.1. The van der Waals surface area contributed by atoms with Crippen LogP contribution in [0.15, 0.2) is 24.3 Å². The van der Waals surface area contributed by atoms with Crippen molar-refractivity contribution in [3.8, 4) is 0 Å². The number of piperidine rings is 1. The number of hydrogen-bond acceptors (Lipinski definition) is 4. The molecule has 21 heavy (non-hydrogen) atoms. The third-order valence-electron chi connectivity index (χ3n) is 3.71. The summed E-state index contributed by atoms with van der Waals surface area (Å²) in [6.07, 6.45) is 2.24. The molecule has 0 atom stereocenters. The van der Waals surface area contributed by atoms with Gasteiger partial charge in [-0.05, 0) is 31.9 Å². The van der Waals surface area contributed by atoms with Crippen LogP contribution in [0.25, 0.3) is 0 Å². The summed E-state index contributed by atoms with van der Waals surface area (Å²) in [5.41, 5.74) is 7.47. The molecule has 0 spiro atoms. The van der Waals surface area contributed by atoms with Crippen molar-refractivity contribution in [2.45, 2.75) is 25.9 Å². The van der Waals surface area contributed by atoms with Crippen LogP contribution in [-0.4, -0.2) is 49.7 Å². The molecule has 0 saturated carbocycles. The van der Waals surface area contributed by atoms with Crippen molar-refractivity contribution in [1.82, 2.24) is 4.90 Å². The van der Waals surface area contributed by atoms with Gasteiger partial charge in [0.05, 0.1) is 19.3 Å². The molecule has 1 fully saturated rings. The summed E-state index contributed by atoms with van der Waals surface area (Å²) in [4.78, 5) is 14.2. The van der Waals surface area contributed by atoms with Crippen LogP contribution in [-0.2, 0) is 9.53 Å². The van der Waals surface area contributed by atoms with Crippen molar-refractivity contribution in [3.05, 3.63) is 29.8 Å². The zero-order valence-corrected chi connectivity index (χ0v) is 12.7. The first-order valence-corrected chi connectivity index (χ1v) is 7.58. The van der Waals surface area contributed by atoms with E-state index in [1.807, 2.05) is 31.2 Å². The number of benzene rings is 1. The Balaban J connectivity index is 1.70. The van der Waals surface area contributed by atoms with E-state index in [2.05, 4.69) is 10.2 Å².